The van der Waals surface area contributed by atoms with E-state index < -0.39 is 17.0 Å². The van der Waals surface area contributed by atoms with Gasteiger partial charge < -0.3 is 19.2 Å². The van der Waals surface area contributed by atoms with Crippen LogP contribution in [0.4, 0.5) is 4.39 Å². The molecule has 1 aliphatic heterocycles. The third kappa shape index (κ3) is 3.16. The predicted octanol–water partition coefficient (Wildman–Crippen LogP) is 5.36. The number of hydrogen-bond donors (Lipinski definition) is 1. The van der Waals surface area contributed by atoms with E-state index in [1.54, 1.807) is 18.2 Å². The van der Waals surface area contributed by atoms with Gasteiger partial charge in [-0.3, -0.25) is 4.79 Å². The maximum atomic E-state index is 14.6. The standard InChI is InChI=1S/C24H23ClFNO4/c1-23(2)16-9-12(29-10-13-11-30-24(3,4)31-13)5-6-14(16)21(28)18-15-7-8-17(25)19(26)20(15)27-22(18)23/h5-9,13,27H,10-11H2,1-4H3/t13-/m0/s1. The van der Waals surface area contributed by atoms with Gasteiger partial charge in [0.2, 0.25) is 0 Å². The third-order valence-electron chi connectivity index (χ3n) is 6.13. The summed E-state index contributed by atoms with van der Waals surface area (Å²) in [6, 6.07) is 8.61. The molecule has 0 amide bonds. The topological polar surface area (TPSA) is 60.5 Å². The minimum Gasteiger partial charge on any atom is -0.491 e. The van der Waals surface area contributed by atoms with Gasteiger partial charge in [0.05, 0.1) is 22.7 Å². The van der Waals surface area contributed by atoms with Crippen LogP contribution in [0.15, 0.2) is 30.3 Å². The lowest BCUT2D eigenvalue weighted by atomic mass is 9.71. The molecule has 0 unspecified atom stereocenters. The Morgan fingerprint density at radius 1 is 1.23 bits per heavy atom. The van der Waals surface area contributed by atoms with E-state index >= 15 is 0 Å². The van der Waals surface area contributed by atoms with Gasteiger partial charge in [0.25, 0.3) is 0 Å². The number of carbonyl (C=O) groups is 1. The van der Waals surface area contributed by atoms with Crippen molar-refractivity contribution < 1.29 is 23.4 Å². The van der Waals surface area contributed by atoms with E-state index in [2.05, 4.69) is 4.98 Å². The molecule has 2 heterocycles. The molecule has 3 aromatic rings. The fourth-order valence-electron chi connectivity index (χ4n) is 4.54. The number of benzene rings is 2. The fraction of sp³-hybridized carbons (Fsp3) is 0.375. The lowest BCUT2D eigenvalue weighted by Gasteiger charge is -2.32. The van der Waals surface area contributed by atoms with Gasteiger partial charge in [0.15, 0.2) is 17.4 Å². The van der Waals surface area contributed by atoms with E-state index in [9.17, 15) is 9.18 Å². The van der Waals surface area contributed by atoms with Crippen molar-refractivity contribution in [2.24, 2.45) is 0 Å². The summed E-state index contributed by atoms with van der Waals surface area (Å²) in [5, 5.41) is 0.563. The second-order valence-corrected chi connectivity index (χ2v) is 9.49. The van der Waals surface area contributed by atoms with Crippen LogP contribution < -0.4 is 4.74 Å². The Labute approximate surface area is 184 Å². The number of H-pyrrole nitrogens is 1. The number of nitrogens with one attached hydrogen (secondary N) is 1. The van der Waals surface area contributed by atoms with Gasteiger partial charge in [-0.2, -0.15) is 0 Å². The Morgan fingerprint density at radius 3 is 2.71 bits per heavy atom. The van der Waals surface area contributed by atoms with Gasteiger partial charge in [0.1, 0.15) is 18.5 Å². The van der Waals surface area contributed by atoms with Gasteiger partial charge in [0, 0.05) is 22.1 Å². The summed E-state index contributed by atoms with van der Waals surface area (Å²) in [4.78, 5) is 16.5. The van der Waals surface area contributed by atoms with E-state index in [0.29, 0.717) is 41.2 Å². The van der Waals surface area contributed by atoms with Crippen molar-refractivity contribution in [2.75, 3.05) is 13.2 Å². The Balaban J connectivity index is 1.52. The second-order valence-electron chi connectivity index (χ2n) is 9.08. The van der Waals surface area contributed by atoms with Crippen molar-refractivity contribution >= 4 is 28.3 Å². The SMILES string of the molecule is CC1(C)OC[C@H](COc2ccc3c(c2)C(C)(C)c2[nH]c4c(F)c(Cl)ccc4c2C3=O)O1. The lowest BCUT2D eigenvalue weighted by Crippen LogP contribution is -2.30. The van der Waals surface area contributed by atoms with Crippen LogP contribution in [0.25, 0.3) is 10.9 Å². The normalized spacial score (nSPS) is 21.2. The molecule has 1 aliphatic carbocycles. The largest absolute Gasteiger partial charge is 0.491 e. The third-order valence-corrected chi connectivity index (χ3v) is 6.42. The summed E-state index contributed by atoms with van der Waals surface area (Å²) in [7, 11) is 0. The highest BCUT2D eigenvalue weighted by molar-refractivity contribution is 6.32. The number of halogens is 2. The molecular weight excluding hydrogens is 421 g/mol. The summed E-state index contributed by atoms with van der Waals surface area (Å²) < 4.78 is 32.0. The number of fused-ring (bicyclic) bond motifs is 4. The molecular formula is C24H23ClFNO4. The monoisotopic (exact) mass is 443 g/mol. The van der Waals surface area contributed by atoms with E-state index in [1.165, 1.54) is 6.07 Å². The van der Waals surface area contributed by atoms with E-state index in [-0.39, 0.29) is 22.4 Å². The molecule has 1 aromatic heterocycles. The number of ketones is 1. The first-order valence-electron chi connectivity index (χ1n) is 10.2. The summed E-state index contributed by atoms with van der Waals surface area (Å²) >= 11 is 5.96. The zero-order valence-electron chi connectivity index (χ0n) is 17.8. The molecule has 1 atom stereocenters. The Hall–Kier alpha value is -2.41. The Bertz CT molecular complexity index is 1230. The van der Waals surface area contributed by atoms with Crippen LogP contribution in [0.3, 0.4) is 0 Å². The van der Waals surface area contributed by atoms with Crippen molar-refractivity contribution in [1.29, 1.82) is 0 Å². The van der Waals surface area contributed by atoms with E-state index in [0.717, 1.165) is 5.56 Å². The van der Waals surface area contributed by atoms with E-state index in [1.807, 2.05) is 33.8 Å². The second kappa shape index (κ2) is 6.79. The van der Waals surface area contributed by atoms with Gasteiger partial charge in [-0.15, -0.1) is 0 Å². The maximum Gasteiger partial charge on any atom is 0.195 e. The van der Waals surface area contributed by atoms with Crippen LogP contribution in [-0.4, -0.2) is 35.9 Å². The molecule has 5 rings (SSSR count). The smallest absolute Gasteiger partial charge is 0.195 e. The van der Waals surface area contributed by atoms with E-state index in [4.69, 9.17) is 25.8 Å². The quantitative estimate of drug-likeness (QED) is 0.592. The summed E-state index contributed by atoms with van der Waals surface area (Å²) in [5.41, 5.74) is 2.27. The highest BCUT2D eigenvalue weighted by Gasteiger charge is 2.40. The van der Waals surface area contributed by atoms with Gasteiger partial charge in [-0.05, 0) is 43.7 Å². The zero-order valence-corrected chi connectivity index (χ0v) is 18.5. The average molecular weight is 444 g/mol. The molecule has 1 N–H and O–H groups in total. The average Bonchev–Trinajstić information content (AvgIpc) is 3.28. The molecule has 0 spiro atoms. The predicted molar refractivity (Wildman–Crippen MR) is 116 cm³/mol. The van der Waals surface area contributed by atoms with Crippen LogP contribution >= 0.6 is 11.6 Å². The van der Waals surface area contributed by atoms with Crippen LogP contribution in [0.2, 0.25) is 5.02 Å². The van der Waals surface area contributed by atoms with Crippen LogP contribution in [-0.2, 0) is 14.9 Å². The van der Waals surface area contributed by atoms with Crippen molar-refractivity contribution in [3.05, 3.63) is 63.6 Å². The van der Waals surface area contributed by atoms with Crippen LogP contribution in [0.1, 0.15) is 54.9 Å². The molecule has 7 heteroatoms. The molecule has 31 heavy (non-hydrogen) atoms. The molecule has 162 valence electrons. The summed E-state index contributed by atoms with van der Waals surface area (Å²) in [6.45, 7) is 8.56. The Kier molecular flexibility index (Phi) is 4.49. The minimum absolute atomic E-state index is 0.0193. The Morgan fingerprint density at radius 2 is 2.00 bits per heavy atom. The summed E-state index contributed by atoms with van der Waals surface area (Å²) in [6.07, 6.45) is -0.159. The first-order chi connectivity index (χ1) is 14.6. The van der Waals surface area contributed by atoms with Crippen LogP contribution in [0.5, 0.6) is 5.75 Å². The van der Waals surface area contributed by atoms with Gasteiger partial charge in [-0.25, -0.2) is 4.39 Å². The number of hydrogen-bond acceptors (Lipinski definition) is 4. The number of carbonyl (C=O) groups excluding carboxylic acids is 1. The highest BCUT2D eigenvalue weighted by Crippen LogP contribution is 2.45. The molecule has 2 aromatic carbocycles. The minimum atomic E-state index is -0.609. The number of ether oxygens (including phenoxy) is 3. The van der Waals surface area contributed by atoms with Crippen molar-refractivity contribution in [3.63, 3.8) is 0 Å². The first-order valence-corrected chi connectivity index (χ1v) is 10.6. The molecule has 0 radical (unpaired) electrons. The molecule has 1 saturated heterocycles. The molecule has 5 nitrogen and oxygen atoms in total. The van der Waals surface area contributed by atoms with Crippen molar-refractivity contribution in [2.45, 2.75) is 45.0 Å². The fourth-order valence-corrected chi connectivity index (χ4v) is 4.70. The highest BCUT2D eigenvalue weighted by atomic mass is 35.5. The molecule has 2 aliphatic rings. The van der Waals surface area contributed by atoms with Gasteiger partial charge >= 0.3 is 0 Å². The van der Waals surface area contributed by atoms with Crippen LogP contribution in [0, 0.1) is 5.82 Å². The number of rotatable bonds is 3. The zero-order chi connectivity index (χ0) is 22.1. The van der Waals surface area contributed by atoms with Gasteiger partial charge in [-0.1, -0.05) is 31.5 Å². The molecule has 1 fully saturated rings. The molecule has 0 bridgehead atoms. The summed E-state index contributed by atoms with van der Waals surface area (Å²) in [5.74, 6) is -0.658. The lowest BCUT2D eigenvalue weighted by molar-refractivity contribution is -0.141. The molecule has 0 saturated carbocycles. The number of aromatic amines is 1. The maximum absolute atomic E-state index is 14.6. The van der Waals surface area contributed by atoms with Crippen molar-refractivity contribution in [1.82, 2.24) is 4.98 Å². The first kappa shape index (κ1) is 20.5. The van der Waals surface area contributed by atoms with Crippen molar-refractivity contribution in [3.8, 4) is 5.75 Å². The number of aromatic nitrogens is 1.